The lowest BCUT2D eigenvalue weighted by atomic mass is 10.1. The van der Waals surface area contributed by atoms with Crippen LogP contribution in [0.1, 0.15) is 21.5 Å². The van der Waals surface area contributed by atoms with Crippen LogP contribution in [0.15, 0.2) is 30.3 Å². The van der Waals surface area contributed by atoms with Gasteiger partial charge in [0, 0.05) is 24.7 Å². The van der Waals surface area contributed by atoms with Crippen LogP contribution in [-0.4, -0.2) is 39.2 Å². The van der Waals surface area contributed by atoms with Crippen LogP contribution < -0.4 is 14.2 Å². The van der Waals surface area contributed by atoms with Crippen LogP contribution in [0.4, 0.5) is 0 Å². The number of nitrogens with zero attached hydrogens (tertiary/aromatic N) is 1. The van der Waals surface area contributed by atoms with Crippen molar-refractivity contribution in [2.24, 2.45) is 0 Å². The van der Waals surface area contributed by atoms with Crippen molar-refractivity contribution in [3.8, 4) is 17.2 Å². The van der Waals surface area contributed by atoms with Gasteiger partial charge in [-0.15, -0.1) is 0 Å². The molecule has 0 bridgehead atoms. The third-order valence-corrected chi connectivity index (χ3v) is 4.15. The molecule has 2 aromatic carbocycles. The van der Waals surface area contributed by atoms with E-state index < -0.39 is 0 Å². The smallest absolute Gasteiger partial charge is 0.254 e. The van der Waals surface area contributed by atoms with Gasteiger partial charge in [-0.1, -0.05) is 29.3 Å². The Balaban J connectivity index is 2.29. The van der Waals surface area contributed by atoms with Crippen LogP contribution in [0, 0.1) is 6.92 Å². The molecular weight excluding hydrogens is 342 g/mol. The Bertz CT molecular complexity index is 776. The summed E-state index contributed by atoms with van der Waals surface area (Å²) in [7, 11) is 6.35. The van der Waals surface area contributed by atoms with E-state index in [2.05, 4.69) is 0 Å². The summed E-state index contributed by atoms with van der Waals surface area (Å²) in [6.07, 6.45) is 0. The standard InChI is InChI=1S/C19H22ClNO4/c1-12-6-7-16(23-3)14(8-12)11-21(2)19(22)13-9-15(20)18(25-5)17(10-13)24-4/h6-10H,11H2,1-5H3. The predicted octanol–water partition coefficient (Wildman–Crippen LogP) is 3.95. The van der Waals surface area contributed by atoms with Crippen molar-refractivity contribution < 1.29 is 19.0 Å². The van der Waals surface area contributed by atoms with E-state index in [4.69, 9.17) is 25.8 Å². The van der Waals surface area contributed by atoms with E-state index >= 15 is 0 Å². The van der Waals surface area contributed by atoms with E-state index in [0.717, 1.165) is 16.9 Å². The number of carbonyl (C=O) groups is 1. The number of methoxy groups -OCH3 is 3. The molecule has 0 saturated carbocycles. The molecule has 0 radical (unpaired) electrons. The number of amides is 1. The minimum atomic E-state index is -0.175. The quantitative estimate of drug-likeness (QED) is 0.779. The van der Waals surface area contributed by atoms with Crippen LogP contribution in [0.25, 0.3) is 0 Å². The number of hydrogen-bond donors (Lipinski definition) is 0. The Hall–Kier alpha value is -2.40. The number of halogens is 1. The van der Waals surface area contributed by atoms with Crippen LogP contribution in [-0.2, 0) is 6.54 Å². The molecule has 0 spiro atoms. The first-order valence-corrected chi connectivity index (χ1v) is 8.09. The molecule has 0 aliphatic carbocycles. The highest BCUT2D eigenvalue weighted by atomic mass is 35.5. The maximum atomic E-state index is 12.8. The molecule has 0 heterocycles. The minimum absolute atomic E-state index is 0.175. The van der Waals surface area contributed by atoms with E-state index in [1.165, 1.54) is 14.2 Å². The largest absolute Gasteiger partial charge is 0.496 e. The highest BCUT2D eigenvalue weighted by molar-refractivity contribution is 6.32. The molecule has 0 saturated heterocycles. The lowest BCUT2D eigenvalue weighted by molar-refractivity contribution is 0.0783. The van der Waals surface area contributed by atoms with E-state index in [0.29, 0.717) is 28.6 Å². The lowest BCUT2D eigenvalue weighted by Gasteiger charge is -2.20. The summed E-state index contributed by atoms with van der Waals surface area (Å²) in [6.45, 7) is 2.41. The number of benzene rings is 2. The van der Waals surface area contributed by atoms with Crippen molar-refractivity contribution in [1.29, 1.82) is 0 Å². The third kappa shape index (κ3) is 4.17. The number of carbonyl (C=O) groups excluding carboxylic acids is 1. The molecule has 0 aliphatic rings. The highest BCUT2D eigenvalue weighted by Gasteiger charge is 2.19. The van der Waals surface area contributed by atoms with Gasteiger partial charge in [-0.3, -0.25) is 4.79 Å². The Morgan fingerprint density at radius 2 is 1.72 bits per heavy atom. The first kappa shape index (κ1) is 18.9. The molecule has 25 heavy (non-hydrogen) atoms. The average molecular weight is 364 g/mol. The highest BCUT2D eigenvalue weighted by Crippen LogP contribution is 2.36. The van der Waals surface area contributed by atoms with Crippen LogP contribution in [0.3, 0.4) is 0 Å². The molecule has 0 unspecified atom stereocenters. The van der Waals surface area contributed by atoms with Gasteiger partial charge in [0.1, 0.15) is 5.75 Å². The van der Waals surface area contributed by atoms with Gasteiger partial charge < -0.3 is 19.1 Å². The first-order valence-electron chi connectivity index (χ1n) is 7.71. The van der Waals surface area contributed by atoms with Crippen LogP contribution >= 0.6 is 11.6 Å². The third-order valence-electron chi connectivity index (χ3n) is 3.87. The summed E-state index contributed by atoms with van der Waals surface area (Å²) in [5.41, 5.74) is 2.47. The van der Waals surface area contributed by atoms with E-state index in [-0.39, 0.29) is 5.91 Å². The molecule has 1 amide bonds. The van der Waals surface area contributed by atoms with Crippen LogP contribution in [0.5, 0.6) is 17.2 Å². The van der Waals surface area contributed by atoms with Gasteiger partial charge in [-0.05, 0) is 25.1 Å². The number of ether oxygens (including phenoxy) is 3. The summed E-state index contributed by atoms with van der Waals surface area (Å²) < 4.78 is 15.8. The van der Waals surface area contributed by atoms with E-state index in [1.54, 1.807) is 31.2 Å². The first-order chi connectivity index (χ1) is 11.9. The fraction of sp³-hybridized carbons (Fsp3) is 0.316. The Morgan fingerprint density at radius 3 is 2.32 bits per heavy atom. The number of hydrogen-bond acceptors (Lipinski definition) is 4. The van der Waals surface area contributed by atoms with E-state index in [1.807, 2.05) is 25.1 Å². The maximum absolute atomic E-state index is 12.8. The van der Waals surface area contributed by atoms with Gasteiger partial charge in [-0.25, -0.2) is 0 Å². The zero-order valence-corrected chi connectivity index (χ0v) is 15.8. The monoisotopic (exact) mass is 363 g/mol. The van der Waals surface area contributed by atoms with Crippen molar-refractivity contribution in [3.05, 3.63) is 52.0 Å². The molecule has 5 nitrogen and oxygen atoms in total. The molecule has 0 N–H and O–H groups in total. The van der Waals surface area contributed by atoms with E-state index in [9.17, 15) is 4.79 Å². The second-order valence-electron chi connectivity index (χ2n) is 5.67. The molecule has 2 rings (SSSR count). The van der Waals surface area contributed by atoms with Gasteiger partial charge >= 0.3 is 0 Å². The topological polar surface area (TPSA) is 48.0 Å². The summed E-state index contributed by atoms with van der Waals surface area (Å²) >= 11 is 6.20. The summed E-state index contributed by atoms with van der Waals surface area (Å²) in [4.78, 5) is 14.4. The SMILES string of the molecule is COc1ccc(C)cc1CN(C)C(=O)c1cc(Cl)c(OC)c(OC)c1. The molecule has 134 valence electrons. The van der Waals surface area contributed by atoms with Gasteiger partial charge in [0.05, 0.1) is 26.4 Å². The fourth-order valence-corrected chi connectivity index (χ4v) is 2.91. The predicted molar refractivity (Wildman–Crippen MR) is 98.1 cm³/mol. The molecule has 0 aliphatic heterocycles. The zero-order chi connectivity index (χ0) is 18.6. The van der Waals surface area contributed by atoms with Crippen molar-refractivity contribution in [1.82, 2.24) is 4.90 Å². The molecule has 0 aromatic heterocycles. The minimum Gasteiger partial charge on any atom is -0.496 e. The van der Waals surface area contributed by atoms with Crippen molar-refractivity contribution in [2.75, 3.05) is 28.4 Å². The Labute approximate surface area is 153 Å². The molecule has 6 heteroatoms. The Kier molecular flexibility index (Phi) is 6.15. The van der Waals surface area contributed by atoms with Gasteiger partial charge in [0.25, 0.3) is 5.91 Å². The summed E-state index contributed by atoms with van der Waals surface area (Å²) in [5, 5.41) is 0.326. The summed E-state index contributed by atoms with van der Waals surface area (Å²) in [6, 6.07) is 9.07. The van der Waals surface area contributed by atoms with Gasteiger partial charge in [0.15, 0.2) is 11.5 Å². The average Bonchev–Trinajstić information content (AvgIpc) is 2.60. The second-order valence-corrected chi connectivity index (χ2v) is 6.08. The fourth-order valence-electron chi connectivity index (χ4n) is 2.62. The van der Waals surface area contributed by atoms with Crippen LogP contribution in [0.2, 0.25) is 5.02 Å². The van der Waals surface area contributed by atoms with Crippen molar-refractivity contribution in [2.45, 2.75) is 13.5 Å². The normalized spacial score (nSPS) is 10.3. The maximum Gasteiger partial charge on any atom is 0.254 e. The summed E-state index contributed by atoms with van der Waals surface area (Å²) in [5.74, 6) is 1.39. The zero-order valence-electron chi connectivity index (χ0n) is 15.1. The second kappa shape index (κ2) is 8.12. The van der Waals surface area contributed by atoms with Crippen molar-refractivity contribution in [3.63, 3.8) is 0 Å². The number of rotatable bonds is 6. The van der Waals surface area contributed by atoms with Gasteiger partial charge in [0.2, 0.25) is 0 Å². The van der Waals surface area contributed by atoms with Gasteiger partial charge in [-0.2, -0.15) is 0 Å². The molecule has 0 fully saturated rings. The molecular formula is C19H22ClNO4. The molecule has 0 atom stereocenters. The Morgan fingerprint density at radius 1 is 1.04 bits per heavy atom. The molecule has 2 aromatic rings. The lowest BCUT2D eigenvalue weighted by Crippen LogP contribution is -2.26. The number of aryl methyl sites for hydroxylation is 1. The van der Waals surface area contributed by atoms with Crippen molar-refractivity contribution >= 4 is 17.5 Å².